The Morgan fingerprint density at radius 3 is 2.53 bits per heavy atom. The molecule has 0 bridgehead atoms. The Morgan fingerprint density at radius 2 is 1.88 bits per heavy atom. The maximum absolute atomic E-state index is 14.3. The zero-order chi connectivity index (χ0) is 24.4. The van der Waals surface area contributed by atoms with Gasteiger partial charge >= 0.3 is 0 Å². The first-order valence-electron chi connectivity index (χ1n) is 11.3. The Bertz CT molecular complexity index is 978. The van der Waals surface area contributed by atoms with Crippen LogP contribution in [-0.4, -0.2) is 87.8 Å². The number of benzene rings is 1. The van der Waals surface area contributed by atoms with E-state index < -0.39 is 43.1 Å². The second-order valence-corrected chi connectivity index (χ2v) is 8.62. The molecule has 5 atom stereocenters. The van der Waals surface area contributed by atoms with Gasteiger partial charge in [0.05, 0.1) is 19.8 Å². The van der Waals surface area contributed by atoms with Gasteiger partial charge < -0.3 is 39.4 Å². The third-order valence-electron chi connectivity index (χ3n) is 6.45. The summed E-state index contributed by atoms with van der Waals surface area (Å²) in [5.74, 6) is -0.202. The minimum atomic E-state index is -1.58. The van der Waals surface area contributed by atoms with Crippen molar-refractivity contribution in [2.24, 2.45) is 0 Å². The fourth-order valence-electron chi connectivity index (χ4n) is 4.41. The van der Waals surface area contributed by atoms with Crippen LogP contribution in [0.5, 0.6) is 11.6 Å². The van der Waals surface area contributed by atoms with Gasteiger partial charge in [-0.2, -0.15) is 0 Å². The Morgan fingerprint density at radius 1 is 1.15 bits per heavy atom. The van der Waals surface area contributed by atoms with Crippen LogP contribution in [0, 0.1) is 12.7 Å². The van der Waals surface area contributed by atoms with Gasteiger partial charge in [0.2, 0.25) is 12.2 Å². The lowest BCUT2D eigenvalue weighted by Gasteiger charge is -2.39. The fourth-order valence-corrected chi connectivity index (χ4v) is 4.41. The predicted molar refractivity (Wildman–Crippen MR) is 116 cm³/mol. The van der Waals surface area contributed by atoms with E-state index in [1.807, 2.05) is 11.6 Å². The van der Waals surface area contributed by atoms with Crippen LogP contribution in [0.1, 0.15) is 35.7 Å². The van der Waals surface area contributed by atoms with Gasteiger partial charge in [-0.15, -0.1) is 5.10 Å². The van der Waals surface area contributed by atoms with Crippen molar-refractivity contribution in [3.63, 3.8) is 0 Å². The summed E-state index contributed by atoms with van der Waals surface area (Å²) in [6, 6.07) is 4.74. The summed E-state index contributed by atoms with van der Waals surface area (Å²) in [5.41, 5.74) is 2.13. The average molecular weight is 483 g/mol. The Balaban J connectivity index is 1.66. The zero-order valence-corrected chi connectivity index (χ0v) is 19.1. The molecule has 188 valence electrons. The molecule has 1 unspecified atom stereocenters. The van der Waals surface area contributed by atoms with Gasteiger partial charge in [-0.05, 0) is 37.5 Å². The van der Waals surface area contributed by atoms with E-state index in [9.17, 15) is 24.8 Å². The van der Waals surface area contributed by atoms with Crippen LogP contribution in [0.2, 0.25) is 0 Å². The largest absolute Gasteiger partial charge is 0.494 e. The Kier molecular flexibility index (Phi) is 7.70. The molecule has 3 heterocycles. The molecule has 0 aliphatic carbocycles. The molecule has 1 aromatic heterocycles. The number of halogens is 1. The van der Waals surface area contributed by atoms with Gasteiger partial charge in [0, 0.05) is 30.9 Å². The van der Waals surface area contributed by atoms with Crippen LogP contribution < -0.4 is 9.47 Å². The summed E-state index contributed by atoms with van der Waals surface area (Å²) in [6.45, 7) is 2.52. The van der Waals surface area contributed by atoms with E-state index in [1.165, 1.54) is 13.2 Å². The number of aliphatic hydroxyl groups is 4. The van der Waals surface area contributed by atoms with Crippen molar-refractivity contribution >= 4 is 0 Å². The topological polar surface area (TPSA) is 136 Å². The zero-order valence-electron chi connectivity index (χ0n) is 19.1. The maximum Gasteiger partial charge on any atom is 0.239 e. The van der Waals surface area contributed by atoms with Crippen LogP contribution in [0.3, 0.4) is 0 Å². The lowest BCUT2D eigenvalue weighted by Crippen LogP contribution is -2.60. The van der Waals surface area contributed by atoms with Crippen molar-refractivity contribution in [3.8, 4) is 11.6 Å². The molecule has 2 saturated heterocycles. The van der Waals surface area contributed by atoms with Crippen molar-refractivity contribution in [2.75, 3.05) is 26.9 Å². The summed E-state index contributed by atoms with van der Waals surface area (Å²) in [5, 5.41) is 44.7. The van der Waals surface area contributed by atoms with Crippen LogP contribution in [0.25, 0.3) is 0 Å². The van der Waals surface area contributed by atoms with E-state index in [2.05, 4.69) is 5.10 Å². The molecule has 2 aliphatic heterocycles. The first-order chi connectivity index (χ1) is 16.3. The Labute approximate surface area is 196 Å². The van der Waals surface area contributed by atoms with Crippen LogP contribution >= 0.6 is 0 Å². The van der Waals surface area contributed by atoms with E-state index in [0.717, 1.165) is 18.5 Å². The smallest absolute Gasteiger partial charge is 0.239 e. The lowest BCUT2D eigenvalue weighted by atomic mass is 9.99. The van der Waals surface area contributed by atoms with Gasteiger partial charge in [0.25, 0.3) is 0 Å². The first-order valence-corrected chi connectivity index (χ1v) is 11.3. The maximum atomic E-state index is 14.3. The first kappa shape index (κ1) is 24.8. The molecule has 0 spiro atoms. The fraction of sp³-hybridized carbons (Fsp3) is 0.609. The van der Waals surface area contributed by atoms with E-state index in [4.69, 9.17) is 18.9 Å². The molecule has 4 rings (SSSR count). The molecule has 2 aliphatic rings. The molecule has 34 heavy (non-hydrogen) atoms. The quantitative estimate of drug-likeness (QED) is 0.444. The van der Waals surface area contributed by atoms with Crippen molar-refractivity contribution in [1.29, 1.82) is 0 Å². The van der Waals surface area contributed by atoms with Gasteiger partial charge in [-0.3, -0.25) is 4.68 Å². The van der Waals surface area contributed by atoms with E-state index in [-0.39, 0.29) is 24.1 Å². The highest BCUT2D eigenvalue weighted by Crippen LogP contribution is 2.33. The third-order valence-corrected chi connectivity index (χ3v) is 6.45. The van der Waals surface area contributed by atoms with Crippen molar-refractivity contribution < 1.29 is 43.8 Å². The van der Waals surface area contributed by atoms with E-state index >= 15 is 0 Å². The minimum absolute atomic E-state index is 0.0762. The molecule has 0 radical (unpaired) electrons. The highest BCUT2D eigenvalue weighted by molar-refractivity contribution is 5.39. The number of methoxy groups -OCH3 is 1. The lowest BCUT2D eigenvalue weighted by molar-refractivity contribution is -0.278. The van der Waals surface area contributed by atoms with E-state index in [0.29, 0.717) is 24.3 Å². The molecule has 0 saturated carbocycles. The molecule has 2 fully saturated rings. The monoisotopic (exact) mass is 482 g/mol. The number of ether oxygens (including phenoxy) is 4. The standard InChI is InChI=1S/C23H31FN2O8/c1-12-15(9-13-3-4-17(31-2)16(24)10-13)22(25-26(12)14-5-7-32-8-6-14)34-23-21(30)20(29)19(28)18(11-27)33-23/h3-4,10,14,18-21,23,27-30H,5-9,11H2,1-2H3/t18-,19-,20+,21-,23?/m1/s1. The van der Waals surface area contributed by atoms with Gasteiger partial charge in [-0.25, -0.2) is 4.39 Å². The highest BCUT2D eigenvalue weighted by atomic mass is 19.1. The van der Waals surface area contributed by atoms with Gasteiger partial charge in [0.15, 0.2) is 11.6 Å². The molecule has 0 amide bonds. The molecule has 2 aromatic rings. The molecule has 11 heteroatoms. The number of nitrogens with zero attached hydrogens (tertiary/aromatic N) is 2. The summed E-state index contributed by atoms with van der Waals surface area (Å²) >= 11 is 0. The highest BCUT2D eigenvalue weighted by Gasteiger charge is 2.45. The van der Waals surface area contributed by atoms with Gasteiger partial charge in [-0.1, -0.05) is 6.07 Å². The minimum Gasteiger partial charge on any atom is -0.494 e. The summed E-state index contributed by atoms with van der Waals surface area (Å²) < 4.78 is 38.0. The molecular weight excluding hydrogens is 451 g/mol. The number of rotatable bonds is 7. The summed E-state index contributed by atoms with van der Waals surface area (Å²) in [7, 11) is 1.40. The van der Waals surface area contributed by atoms with Crippen LogP contribution in [0.4, 0.5) is 4.39 Å². The SMILES string of the molecule is COc1ccc(Cc2c(OC3O[C@H](CO)[C@@H](O)[C@H](O)[C@H]3O)nn(C3CCOCC3)c2C)cc1F. The van der Waals surface area contributed by atoms with Gasteiger partial charge in [0.1, 0.15) is 24.4 Å². The number of hydrogen-bond donors (Lipinski definition) is 4. The predicted octanol–water partition coefficient (Wildman–Crippen LogP) is 0.460. The molecular formula is C23H31FN2O8. The number of hydrogen-bond acceptors (Lipinski definition) is 9. The second kappa shape index (κ2) is 10.5. The summed E-state index contributed by atoms with van der Waals surface area (Å²) in [4.78, 5) is 0. The van der Waals surface area contributed by atoms with Crippen LogP contribution in [-0.2, 0) is 15.9 Å². The van der Waals surface area contributed by atoms with Crippen molar-refractivity contribution in [1.82, 2.24) is 9.78 Å². The number of aromatic nitrogens is 2. The second-order valence-electron chi connectivity index (χ2n) is 8.62. The Hall–Kier alpha value is -2.28. The van der Waals surface area contributed by atoms with Crippen molar-refractivity contribution in [3.05, 3.63) is 40.8 Å². The summed E-state index contributed by atoms with van der Waals surface area (Å²) in [6.07, 6.45) is -5.32. The average Bonchev–Trinajstić information content (AvgIpc) is 3.15. The molecule has 4 N–H and O–H groups in total. The molecule has 10 nitrogen and oxygen atoms in total. The third kappa shape index (κ3) is 4.90. The normalized spacial score (nSPS) is 28.1. The molecule has 1 aromatic carbocycles. The van der Waals surface area contributed by atoms with Crippen LogP contribution in [0.15, 0.2) is 18.2 Å². The van der Waals surface area contributed by atoms with E-state index in [1.54, 1.807) is 12.1 Å². The number of aliphatic hydroxyl groups excluding tert-OH is 4. The van der Waals surface area contributed by atoms with Crippen molar-refractivity contribution in [2.45, 2.75) is 62.9 Å².